The standard InChI is InChI=1S/C54H28N4/c1-5-19-39-27(11-1)29-15-9-17-33-47-45(57(39)51(29)33)25-37-35-23-44-36(24-43(35)55-41-21-7-3-13-31(41)49(47)53(37)55)38-26-46-48(50-32-14-4-8-22-42(32)56(44)54(38)50)34-18-10-16-30-28-12-2-6-20-40(28)58(46)52(30)34/h1-26,47,49H. The van der Waals surface area contributed by atoms with E-state index in [0.29, 0.717) is 0 Å². The van der Waals surface area contributed by atoms with Crippen molar-refractivity contribution in [2.24, 2.45) is 0 Å². The van der Waals surface area contributed by atoms with Crippen LogP contribution in [0.4, 0.5) is 0 Å². The Morgan fingerprint density at radius 2 is 0.966 bits per heavy atom. The van der Waals surface area contributed by atoms with Crippen LogP contribution in [0.1, 0.15) is 34.2 Å². The third-order valence-corrected chi connectivity index (χ3v) is 14.9. The van der Waals surface area contributed by atoms with Crippen molar-refractivity contribution in [2.75, 3.05) is 0 Å². The van der Waals surface area contributed by atoms with Crippen molar-refractivity contribution in [1.82, 2.24) is 17.9 Å². The van der Waals surface area contributed by atoms with Gasteiger partial charge in [-0.3, -0.25) is 0 Å². The Hall–Kier alpha value is -7.56. The molecular weight excluding hydrogens is 705 g/mol. The van der Waals surface area contributed by atoms with Gasteiger partial charge in [0.05, 0.1) is 49.7 Å². The summed E-state index contributed by atoms with van der Waals surface area (Å²) in [6, 6.07) is 57.7. The number of benzene rings is 8. The maximum Gasteiger partial charge on any atom is 0.0628 e. The quantitative estimate of drug-likeness (QED) is 0.148. The van der Waals surface area contributed by atoms with Gasteiger partial charge in [-0.2, -0.15) is 0 Å². The van der Waals surface area contributed by atoms with Crippen LogP contribution in [0.15, 0.2) is 152 Å². The van der Waals surface area contributed by atoms with Gasteiger partial charge in [-0.25, -0.2) is 0 Å². The molecule has 8 heterocycles. The fourth-order valence-corrected chi connectivity index (χ4v) is 13.0. The topological polar surface area (TPSA) is 18.7 Å². The van der Waals surface area contributed by atoms with Crippen LogP contribution in [0.25, 0.3) is 126 Å². The van der Waals surface area contributed by atoms with E-state index in [1.54, 1.807) is 0 Å². The van der Waals surface area contributed by atoms with Gasteiger partial charge < -0.3 is 17.9 Å². The highest BCUT2D eigenvalue weighted by atomic mass is 15.1. The molecule has 1 aliphatic carbocycles. The van der Waals surface area contributed by atoms with Gasteiger partial charge in [-0.05, 0) is 59.7 Å². The highest BCUT2D eigenvalue weighted by molar-refractivity contribution is 6.38. The normalized spacial score (nSPS) is 17.1. The molecule has 8 aromatic carbocycles. The van der Waals surface area contributed by atoms with Crippen molar-refractivity contribution in [2.45, 2.75) is 11.8 Å². The molecule has 58 heavy (non-hydrogen) atoms. The molecule has 0 saturated carbocycles. The molecule has 0 spiro atoms. The first-order chi connectivity index (χ1) is 28.8. The van der Waals surface area contributed by atoms with E-state index in [4.69, 9.17) is 0 Å². The molecule has 14 aromatic rings. The first kappa shape index (κ1) is 27.9. The van der Waals surface area contributed by atoms with Crippen molar-refractivity contribution in [3.05, 3.63) is 174 Å². The van der Waals surface area contributed by atoms with Gasteiger partial charge in [0.2, 0.25) is 0 Å². The summed E-state index contributed by atoms with van der Waals surface area (Å²) < 4.78 is 10.4. The van der Waals surface area contributed by atoms with Crippen molar-refractivity contribution in [3.63, 3.8) is 0 Å². The average molecular weight is 733 g/mol. The van der Waals surface area contributed by atoms with Crippen LogP contribution >= 0.6 is 0 Å². The van der Waals surface area contributed by atoms with Crippen molar-refractivity contribution < 1.29 is 0 Å². The van der Waals surface area contributed by atoms with Crippen LogP contribution in [0.5, 0.6) is 0 Å². The minimum atomic E-state index is 0.232. The highest BCUT2D eigenvalue weighted by Crippen LogP contribution is 2.62. The summed E-state index contributed by atoms with van der Waals surface area (Å²) >= 11 is 0. The van der Waals surface area contributed by atoms with Crippen LogP contribution in [0, 0.1) is 0 Å². The molecule has 0 bridgehead atoms. The molecule has 0 amide bonds. The molecule has 2 atom stereocenters. The molecule has 0 saturated heterocycles. The number of rotatable bonds is 0. The largest absolute Gasteiger partial charge is 0.312 e. The fourth-order valence-electron chi connectivity index (χ4n) is 13.0. The van der Waals surface area contributed by atoms with E-state index in [0.717, 1.165) is 0 Å². The number of allylic oxidation sites excluding steroid dienone is 1. The third-order valence-electron chi connectivity index (χ3n) is 14.9. The van der Waals surface area contributed by atoms with E-state index in [-0.39, 0.29) is 11.8 Å². The summed E-state index contributed by atoms with van der Waals surface area (Å²) in [5.41, 5.74) is 20.2. The molecule has 3 aliphatic rings. The van der Waals surface area contributed by atoms with Crippen molar-refractivity contribution in [3.8, 4) is 5.69 Å². The van der Waals surface area contributed by atoms with Gasteiger partial charge in [0.25, 0.3) is 0 Å². The maximum atomic E-state index is 2.64. The summed E-state index contributed by atoms with van der Waals surface area (Å²) in [5.74, 6) is 0.482. The molecule has 0 fully saturated rings. The zero-order valence-electron chi connectivity index (χ0n) is 31.0. The molecule has 6 aromatic heterocycles. The van der Waals surface area contributed by atoms with Gasteiger partial charge in [0.1, 0.15) is 0 Å². The van der Waals surface area contributed by atoms with Gasteiger partial charge in [-0.1, -0.05) is 109 Å². The maximum absolute atomic E-state index is 2.64. The molecule has 4 heteroatoms. The number of aromatic nitrogens is 4. The Morgan fingerprint density at radius 3 is 1.84 bits per heavy atom. The number of nitrogens with zero attached hydrogens (tertiary/aromatic N) is 4. The summed E-state index contributed by atoms with van der Waals surface area (Å²) in [6.07, 6.45) is 2.57. The predicted octanol–water partition coefficient (Wildman–Crippen LogP) is 13.6. The Morgan fingerprint density at radius 1 is 0.345 bits per heavy atom. The van der Waals surface area contributed by atoms with Gasteiger partial charge in [0, 0.05) is 93.7 Å². The first-order valence-corrected chi connectivity index (χ1v) is 20.5. The first-order valence-electron chi connectivity index (χ1n) is 20.5. The number of para-hydroxylation sites is 6. The highest BCUT2D eigenvalue weighted by Gasteiger charge is 2.47. The summed E-state index contributed by atoms with van der Waals surface area (Å²) in [7, 11) is 0. The second kappa shape index (κ2) is 8.86. The fraction of sp³-hybridized carbons (Fsp3) is 0.0370. The molecule has 0 N–H and O–H groups in total. The van der Waals surface area contributed by atoms with Gasteiger partial charge in [0.15, 0.2) is 0 Å². The van der Waals surface area contributed by atoms with E-state index < -0.39 is 0 Å². The third kappa shape index (κ3) is 2.71. The average Bonchev–Trinajstić information content (AvgIpc) is 4.15. The summed E-state index contributed by atoms with van der Waals surface area (Å²) in [6.45, 7) is 0. The molecule has 2 aliphatic heterocycles. The summed E-state index contributed by atoms with van der Waals surface area (Å²) in [4.78, 5) is 0. The summed E-state index contributed by atoms with van der Waals surface area (Å²) in [5, 5.41) is 14.7. The smallest absolute Gasteiger partial charge is 0.0628 e. The lowest BCUT2D eigenvalue weighted by Gasteiger charge is -2.28. The minimum absolute atomic E-state index is 0.232. The van der Waals surface area contributed by atoms with E-state index in [2.05, 4.69) is 176 Å². The van der Waals surface area contributed by atoms with E-state index in [9.17, 15) is 0 Å². The Labute approximate surface area is 328 Å². The second-order valence-electron chi connectivity index (χ2n) is 17.1. The van der Waals surface area contributed by atoms with Crippen molar-refractivity contribution >= 4 is 121 Å². The zero-order chi connectivity index (χ0) is 36.9. The number of hydrogen-bond donors (Lipinski definition) is 0. The lowest BCUT2D eigenvalue weighted by molar-refractivity contribution is 0.726. The molecule has 0 radical (unpaired) electrons. The molecule has 17 rings (SSSR count). The van der Waals surface area contributed by atoms with Gasteiger partial charge >= 0.3 is 0 Å². The number of hydrogen-bond acceptors (Lipinski definition) is 0. The molecule has 2 unspecified atom stereocenters. The van der Waals surface area contributed by atoms with Crippen LogP contribution in [-0.2, 0) is 0 Å². The van der Waals surface area contributed by atoms with Gasteiger partial charge in [-0.15, -0.1) is 0 Å². The number of fused-ring (bicyclic) bond motifs is 26. The lowest BCUT2D eigenvalue weighted by Crippen LogP contribution is -2.15. The van der Waals surface area contributed by atoms with E-state index in [1.165, 1.54) is 143 Å². The molecular formula is C54H28N4. The van der Waals surface area contributed by atoms with E-state index in [1.807, 2.05) is 0 Å². The Balaban J connectivity index is 1.07. The predicted molar refractivity (Wildman–Crippen MR) is 241 cm³/mol. The second-order valence-corrected chi connectivity index (χ2v) is 17.1. The monoisotopic (exact) mass is 732 g/mol. The van der Waals surface area contributed by atoms with Crippen molar-refractivity contribution in [1.29, 1.82) is 0 Å². The van der Waals surface area contributed by atoms with Crippen LogP contribution in [0.2, 0.25) is 0 Å². The molecule has 264 valence electrons. The Kier molecular flexibility index (Phi) is 4.27. The van der Waals surface area contributed by atoms with Crippen LogP contribution in [-0.4, -0.2) is 17.9 Å². The van der Waals surface area contributed by atoms with Crippen LogP contribution in [0.3, 0.4) is 0 Å². The SMILES string of the molecule is C1=C2C(c3cccc4c5ccccc5n2c34)C2c3ccccc3-n3c2c1c1cc2c(cc13)c1cc3c(c4cccc5c6ccccc6n3c54)c3c4ccccc4n2c13. The minimum Gasteiger partial charge on any atom is -0.312 e. The lowest BCUT2D eigenvalue weighted by atomic mass is 9.75. The Bertz CT molecular complexity index is 4330. The van der Waals surface area contributed by atoms with Crippen LogP contribution < -0.4 is 0 Å². The molecule has 4 nitrogen and oxygen atoms in total. The van der Waals surface area contributed by atoms with E-state index >= 15 is 0 Å². The zero-order valence-corrected chi connectivity index (χ0v) is 31.0.